The van der Waals surface area contributed by atoms with Crippen molar-refractivity contribution in [1.82, 2.24) is 0 Å². The average molecular weight is 215 g/mol. The Morgan fingerprint density at radius 2 is 1.75 bits per heavy atom. The number of carbonyl (C=O) groups excluding carboxylic acids is 1. The van der Waals surface area contributed by atoms with Crippen LogP contribution in [0.3, 0.4) is 0 Å². The highest BCUT2D eigenvalue weighted by atomic mass is 16.6. The van der Waals surface area contributed by atoms with Gasteiger partial charge in [0, 0.05) is 6.07 Å². The summed E-state index contributed by atoms with van der Waals surface area (Å²) in [5.41, 5.74) is 0.409. The monoisotopic (exact) mass is 215 g/mol. The van der Waals surface area contributed by atoms with Crippen molar-refractivity contribution in [3.8, 4) is 5.88 Å². The Labute approximate surface area is 92.3 Å². The molecule has 2 rings (SSSR count). The summed E-state index contributed by atoms with van der Waals surface area (Å²) in [6, 6.07) is 13.1. The largest absolute Gasteiger partial charge is 0.616 e. The van der Waals surface area contributed by atoms with Gasteiger partial charge in [-0.05, 0) is 18.2 Å². The van der Waals surface area contributed by atoms with Crippen molar-refractivity contribution < 1.29 is 14.3 Å². The lowest BCUT2D eigenvalue weighted by atomic mass is 10.2. The van der Waals surface area contributed by atoms with Crippen LogP contribution in [0.1, 0.15) is 10.4 Å². The summed E-state index contributed by atoms with van der Waals surface area (Å²) in [6.07, 6.45) is 1.27. The first-order valence-corrected chi connectivity index (χ1v) is 4.73. The van der Waals surface area contributed by atoms with E-state index < -0.39 is 5.97 Å². The maximum atomic E-state index is 11.6. The van der Waals surface area contributed by atoms with E-state index in [9.17, 15) is 10.0 Å². The Balaban J connectivity index is 2.18. The SMILES string of the molecule is O=C(Oc1cccc[n+]1[O-])c1ccccc1. The smallest absolute Gasteiger partial charge is 0.387 e. The molecule has 2 aromatic rings. The Kier molecular flexibility index (Phi) is 2.82. The zero-order valence-electron chi connectivity index (χ0n) is 8.37. The van der Waals surface area contributed by atoms with Crippen LogP contribution in [0, 0.1) is 5.21 Å². The Bertz CT molecular complexity index is 497. The van der Waals surface area contributed by atoms with Crippen LogP contribution in [0.25, 0.3) is 0 Å². The van der Waals surface area contributed by atoms with Crippen LogP contribution in [0.5, 0.6) is 5.88 Å². The maximum Gasteiger partial charge on any atom is 0.387 e. The van der Waals surface area contributed by atoms with Crippen LogP contribution in [-0.2, 0) is 0 Å². The van der Waals surface area contributed by atoms with Gasteiger partial charge in [0.25, 0.3) is 0 Å². The van der Waals surface area contributed by atoms with E-state index in [4.69, 9.17) is 4.74 Å². The minimum Gasteiger partial charge on any atom is -0.616 e. The number of rotatable bonds is 2. The zero-order chi connectivity index (χ0) is 11.4. The fraction of sp³-hybridized carbons (Fsp3) is 0. The molecule has 1 heterocycles. The van der Waals surface area contributed by atoms with E-state index in [2.05, 4.69) is 0 Å². The number of benzene rings is 1. The van der Waals surface area contributed by atoms with Crippen molar-refractivity contribution in [2.45, 2.75) is 0 Å². The van der Waals surface area contributed by atoms with E-state index in [0.717, 1.165) is 0 Å². The average Bonchev–Trinajstić information content (AvgIpc) is 2.33. The first kappa shape index (κ1) is 10.2. The second kappa shape index (κ2) is 4.44. The van der Waals surface area contributed by atoms with Crippen LogP contribution < -0.4 is 9.47 Å². The number of hydrogen-bond acceptors (Lipinski definition) is 3. The predicted octanol–water partition coefficient (Wildman–Crippen LogP) is 1.54. The van der Waals surface area contributed by atoms with Gasteiger partial charge < -0.3 is 9.94 Å². The van der Waals surface area contributed by atoms with E-state index in [-0.39, 0.29) is 5.88 Å². The number of hydrogen-bond donors (Lipinski definition) is 0. The van der Waals surface area contributed by atoms with Gasteiger partial charge in [-0.3, -0.25) is 0 Å². The molecule has 0 aliphatic carbocycles. The van der Waals surface area contributed by atoms with Gasteiger partial charge in [-0.1, -0.05) is 18.2 Å². The van der Waals surface area contributed by atoms with Crippen molar-refractivity contribution in [3.05, 3.63) is 65.5 Å². The predicted molar refractivity (Wildman–Crippen MR) is 56.8 cm³/mol. The molecule has 0 aliphatic rings. The van der Waals surface area contributed by atoms with E-state index in [1.165, 1.54) is 12.3 Å². The van der Waals surface area contributed by atoms with Crippen LogP contribution in [0.2, 0.25) is 0 Å². The molecular formula is C12H9NO3. The van der Waals surface area contributed by atoms with Gasteiger partial charge >= 0.3 is 11.8 Å². The van der Waals surface area contributed by atoms with Crippen molar-refractivity contribution in [1.29, 1.82) is 0 Å². The Morgan fingerprint density at radius 3 is 2.44 bits per heavy atom. The van der Waals surface area contributed by atoms with Gasteiger partial charge in [0.15, 0.2) is 6.20 Å². The molecule has 0 amide bonds. The molecule has 0 radical (unpaired) electrons. The number of carbonyl (C=O) groups is 1. The molecule has 4 heteroatoms. The fourth-order valence-electron chi connectivity index (χ4n) is 1.22. The highest BCUT2D eigenvalue weighted by molar-refractivity contribution is 5.90. The lowest BCUT2D eigenvalue weighted by molar-refractivity contribution is -0.610. The Morgan fingerprint density at radius 1 is 1.06 bits per heavy atom. The first-order valence-electron chi connectivity index (χ1n) is 4.73. The van der Waals surface area contributed by atoms with E-state index in [0.29, 0.717) is 10.3 Å². The van der Waals surface area contributed by atoms with Gasteiger partial charge in [0.05, 0.1) is 11.6 Å². The highest BCUT2D eigenvalue weighted by Crippen LogP contribution is 2.06. The van der Waals surface area contributed by atoms with Gasteiger partial charge in [-0.25, -0.2) is 4.79 Å². The second-order valence-corrected chi connectivity index (χ2v) is 3.12. The maximum absolute atomic E-state index is 11.6. The molecule has 0 saturated heterocycles. The molecule has 80 valence electrons. The fourth-order valence-corrected chi connectivity index (χ4v) is 1.22. The number of esters is 1. The van der Waals surface area contributed by atoms with E-state index >= 15 is 0 Å². The van der Waals surface area contributed by atoms with Gasteiger partial charge in [-0.15, -0.1) is 4.73 Å². The molecular weight excluding hydrogens is 206 g/mol. The quantitative estimate of drug-likeness (QED) is 0.433. The van der Waals surface area contributed by atoms with Crippen LogP contribution in [-0.4, -0.2) is 5.97 Å². The third-order valence-corrected chi connectivity index (χ3v) is 2.00. The summed E-state index contributed by atoms with van der Waals surface area (Å²) in [6.45, 7) is 0. The van der Waals surface area contributed by atoms with Crippen molar-refractivity contribution >= 4 is 5.97 Å². The Hall–Kier alpha value is -2.36. The molecule has 0 aliphatic heterocycles. The summed E-state index contributed by atoms with van der Waals surface area (Å²) in [4.78, 5) is 11.6. The van der Waals surface area contributed by atoms with Crippen LogP contribution in [0.15, 0.2) is 54.7 Å². The summed E-state index contributed by atoms with van der Waals surface area (Å²) >= 11 is 0. The van der Waals surface area contributed by atoms with Crippen molar-refractivity contribution in [2.75, 3.05) is 0 Å². The van der Waals surface area contributed by atoms with Crippen molar-refractivity contribution in [2.24, 2.45) is 0 Å². The molecule has 0 saturated carbocycles. The number of aromatic nitrogens is 1. The van der Waals surface area contributed by atoms with E-state index in [1.807, 2.05) is 0 Å². The molecule has 1 aromatic heterocycles. The zero-order valence-corrected chi connectivity index (χ0v) is 8.37. The van der Waals surface area contributed by atoms with Crippen LogP contribution >= 0.6 is 0 Å². The topological polar surface area (TPSA) is 53.2 Å². The molecule has 0 fully saturated rings. The van der Waals surface area contributed by atoms with Crippen LogP contribution in [0.4, 0.5) is 0 Å². The molecule has 0 unspecified atom stereocenters. The van der Waals surface area contributed by atoms with Gasteiger partial charge in [0.1, 0.15) is 0 Å². The lowest BCUT2D eigenvalue weighted by Gasteiger charge is -2.03. The lowest BCUT2D eigenvalue weighted by Crippen LogP contribution is -2.29. The number of ether oxygens (including phenoxy) is 1. The highest BCUT2D eigenvalue weighted by Gasteiger charge is 2.12. The number of nitrogens with zero attached hydrogens (tertiary/aromatic N) is 1. The third-order valence-electron chi connectivity index (χ3n) is 2.00. The summed E-state index contributed by atoms with van der Waals surface area (Å²) in [5, 5.41) is 11.2. The van der Waals surface area contributed by atoms with Crippen molar-refractivity contribution in [3.63, 3.8) is 0 Å². The molecule has 4 nitrogen and oxygen atoms in total. The standard InChI is InChI=1S/C12H9NO3/c14-12(10-6-2-1-3-7-10)16-11-8-4-5-9-13(11)15/h1-9H. The minimum absolute atomic E-state index is 0.0312. The molecule has 0 atom stereocenters. The molecule has 0 bridgehead atoms. The first-order chi connectivity index (χ1) is 7.77. The third kappa shape index (κ3) is 2.17. The molecule has 1 aromatic carbocycles. The number of pyridine rings is 1. The molecule has 16 heavy (non-hydrogen) atoms. The summed E-state index contributed by atoms with van der Waals surface area (Å²) < 4.78 is 5.44. The van der Waals surface area contributed by atoms with Gasteiger partial charge in [-0.2, -0.15) is 0 Å². The summed E-state index contributed by atoms with van der Waals surface area (Å²) in [5.74, 6) is -0.576. The second-order valence-electron chi connectivity index (χ2n) is 3.12. The molecule has 0 spiro atoms. The van der Waals surface area contributed by atoms with Gasteiger partial charge in [0.2, 0.25) is 0 Å². The minimum atomic E-state index is -0.545. The van der Waals surface area contributed by atoms with E-state index in [1.54, 1.807) is 42.5 Å². The molecule has 0 N–H and O–H groups in total. The summed E-state index contributed by atoms with van der Waals surface area (Å²) in [7, 11) is 0. The normalized spacial score (nSPS) is 9.75.